The standard InChI is InChI=1S/C28H35N5O4/c1-4-27(34,5-2)12-9-20-7-6-8-23(15-20)28(35,36)37-25-16-21(17-30-26(25)29)22-18-31-33(19-22)24-10-13-32(3)14-11-24/h6-8,15-19,24,34-36H,4-5,10-11,13-14H2,1-3H3,(H2,29,30). The molecule has 0 saturated carbocycles. The first-order chi connectivity index (χ1) is 17.6. The number of pyridine rings is 1. The van der Waals surface area contributed by atoms with Gasteiger partial charge in [-0.15, -0.1) is 0 Å². The van der Waals surface area contributed by atoms with E-state index >= 15 is 0 Å². The highest BCUT2D eigenvalue weighted by atomic mass is 16.8. The molecule has 0 radical (unpaired) electrons. The van der Waals surface area contributed by atoms with Crippen molar-refractivity contribution in [1.82, 2.24) is 19.7 Å². The van der Waals surface area contributed by atoms with Crippen LogP contribution in [-0.2, 0) is 5.97 Å². The maximum Gasteiger partial charge on any atom is 0.351 e. The highest BCUT2D eigenvalue weighted by molar-refractivity contribution is 5.66. The largest absolute Gasteiger partial charge is 0.432 e. The van der Waals surface area contributed by atoms with Crippen molar-refractivity contribution in [2.45, 2.75) is 57.1 Å². The van der Waals surface area contributed by atoms with Gasteiger partial charge in [0.1, 0.15) is 5.60 Å². The summed E-state index contributed by atoms with van der Waals surface area (Å²) in [5.41, 5.74) is 7.01. The van der Waals surface area contributed by atoms with Crippen LogP contribution in [0.5, 0.6) is 5.75 Å². The second-order valence-electron chi connectivity index (χ2n) is 9.63. The van der Waals surface area contributed by atoms with Crippen LogP contribution < -0.4 is 10.5 Å². The topological polar surface area (TPSA) is 130 Å². The Labute approximate surface area is 217 Å². The number of anilines is 1. The van der Waals surface area contributed by atoms with Gasteiger partial charge in [-0.3, -0.25) is 4.68 Å². The average Bonchev–Trinajstić information content (AvgIpc) is 3.39. The van der Waals surface area contributed by atoms with Crippen molar-refractivity contribution >= 4 is 5.82 Å². The molecule has 1 aliphatic heterocycles. The molecule has 3 aromatic rings. The third-order valence-corrected chi connectivity index (χ3v) is 6.98. The van der Waals surface area contributed by atoms with Crippen LogP contribution in [0.1, 0.15) is 56.7 Å². The van der Waals surface area contributed by atoms with Crippen molar-refractivity contribution in [2.75, 3.05) is 25.9 Å². The van der Waals surface area contributed by atoms with Crippen LogP contribution in [0.3, 0.4) is 0 Å². The Morgan fingerprint density at radius 1 is 1.08 bits per heavy atom. The van der Waals surface area contributed by atoms with Crippen LogP contribution in [0.4, 0.5) is 5.82 Å². The quantitative estimate of drug-likeness (QED) is 0.285. The minimum atomic E-state index is -2.68. The first kappa shape index (κ1) is 26.6. The Kier molecular flexibility index (Phi) is 7.85. The highest BCUT2D eigenvalue weighted by Crippen LogP contribution is 2.32. The van der Waals surface area contributed by atoms with Gasteiger partial charge in [0, 0.05) is 29.1 Å². The van der Waals surface area contributed by atoms with Crippen LogP contribution in [-0.4, -0.2) is 60.7 Å². The number of hydrogen-bond acceptors (Lipinski definition) is 8. The summed E-state index contributed by atoms with van der Waals surface area (Å²) in [7, 11) is 2.12. The van der Waals surface area contributed by atoms with Gasteiger partial charge in [0.05, 0.1) is 17.8 Å². The normalized spacial score (nSPS) is 15.3. The molecule has 37 heavy (non-hydrogen) atoms. The fraction of sp³-hybridized carbons (Fsp3) is 0.429. The molecule has 1 aliphatic rings. The Morgan fingerprint density at radius 2 is 1.81 bits per heavy atom. The number of rotatable bonds is 7. The van der Waals surface area contributed by atoms with Crippen molar-refractivity contribution in [1.29, 1.82) is 0 Å². The molecule has 1 aromatic carbocycles. The number of benzene rings is 1. The molecule has 2 aromatic heterocycles. The zero-order valence-corrected chi connectivity index (χ0v) is 21.6. The number of nitrogens with two attached hydrogens (primary N) is 1. The number of likely N-dealkylation sites (tertiary alicyclic amines) is 1. The van der Waals surface area contributed by atoms with E-state index in [4.69, 9.17) is 10.5 Å². The number of aliphatic hydroxyl groups is 3. The van der Waals surface area contributed by atoms with E-state index in [0.717, 1.165) is 31.5 Å². The third-order valence-electron chi connectivity index (χ3n) is 6.98. The van der Waals surface area contributed by atoms with Gasteiger partial charge < -0.3 is 30.7 Å². The van der Waals surface area contributed by atoms with E-state index in [9.17, 15) is 15.3 Å². The molecular formula is C28H35N5O4. The number of hydrogen-bond donors (Lipinski definition) is 4. The second kappa shape index (κ2) is 10.9. The summed E-state index contributed by atoms with van der Waals surface area (Å²) in [5, 5.41) is 36.6. The minimum absolute atomic E-state index is 0.0193. The molecular weight excluding hydrogens is 470 g/mol. The molecule has 0 aliphatic carbocycles. The maximum absolute atomic E-state index is 10.8. The monoisotopic (exact) mass is 505 g/mol. The Hall–Kier alpha value is -3.42. The summed E-state index contributed by atoms with van der Waals surface area (Å²) < 4.78 is 7.53. The molecule has 196 valence electrons. The SMILES string of the molecule is CCC(O)(C#Cc1cccc(C(O)(O)Oc2cc(-c3cnn(C4CCN(C)CC4)c3)cnc2N)c1)CC. The van der Waals surface area contributed by atoms with Crippen LogP contribution >= 0.6 is 0 Å². The van der Waals surface area contributed by atoms with Crippen LogP contribution in [0, 0.1) is 11.8 Å². The lowest BCUT2D eigenvalue weighted by Gasteiger charge is -2.28. The molecule has 9 nitrogen and oxygen atoms in total. The molecule has 9 heteroatoms. The average molecular weight is 506 g/mol. The molecule has 0 atom stereocenters. The van der Waals surface area contributed by atoms with Crippen molar-refractivity contribution in [2.24, 2.45) is 0 Å². The van der Waals surface area contributed by atoms with E-state index in [2.05, 4.69) is 33.9 Å². The highest BCUT2D eigenvalue weighted by Gasteiger charge is 2.30. The Morgan fingerprint density at radius 3 is 2.51 bits per heavy atom. The summed E-state index contributed by atoms with van der Waals surface area (Å²) in [5.74, 6) is 3.13. The molecule has 0 bridgehead atoms. The molecule has 1 saturated heterocycles. The van der Waals surface area contributed by atoms with Gasteiger partial charge in [-0.2, -0.15) is 5.10 Å². The van der Waals surface area contributed by atoms with Crippen LogP contribution in [0.15, 0.2) is 48.9 Å². The second-order valence-corrected chi connectivity index (χ2v) is 9.63. The summed E-state index contributed by atoms with van der Waals surface area (Å²) in [4.78, 5) is 6.50. The van der Waals surface area contributed by atoms with Gasteiger partial charge in [-0.05, 0) is 70.1 Å². The molecule has 4 rings (SSSR count). The van der Waals surface area contributed by atoms with Crippen LogP contribution in [0.25, 0.3) is 11.1 Å². The van der Waals surface area contributed by atoms with E-state index < -0.39 is 11.6 Å². The fourth-order valence-electron chi connectivity index (χ4n) is 4.27. The number of aromatic nitrogens is 3. The van der Waals surface area contributed by atoms with Gasteiger partial charge in [-0.1, -0.05) is 31.8 Å². The fourth-order valence-corrected chi connectivity index (χ4v) is 4.27. The number of ether oxygens (including phenoxy) is 1. The van der Waals surface area contributed by atoms with Crippen molar-refractivity contribution < 1.29 is 20.1 Å². The van der Waals surface area contributed by atoms with E-state index in [0.29, 0.717) is 30.0 Å². The number of piperidine rings is 1. The van der Waals surface area contributed by atoms with Gasteiger partial charge >= 0.3 is 5.97 Å². The Balaban J connectivity index is 1.54. The van der Waals surface area contributed by atoms with Gasteiger partial charge in [0.2, 0.25) is 0 Å². The molecule has 5 N–H and O–H groups in total. The first-order valence-corrected chi connectivity index (χ1v) is 12.6. The smallest absolute Gasteiger partial charge is 0.351 e. The Bertz CT molecular complexity index is 1280. The predicted octanol–water partition coefficient (Wildman–Crippen LogP) is 2.87. The molecule has 0 amide bonds. The third kappa shape index (κ3) is 6.29. The molecule has 3 heterocycles. The van der Waals surface area contributed by atoms with E-state index in [1.165, 1.54) is 12.1 Å². The molecule has 0 unspecified atom stereocenters. The van der Waals surface area contributed by atoms with Crippen molar-refractivity contribution in [3.05, 3.63) is 60.0 Å². The zero-order chi connectivity index (χ0) is 26.6. The van der Waals surface area contributed by atoms with Gasteiger partial charge in [0.15, 0.2) is 11.6 Å². The molecule has 1 fully saturated rings. The zero-order valence-electron chi connectivity index (χ0n) is 21.6. The maximum atomic E-state index is 10.8. The van der Waals surface area contributed by atoms with Gasteiger partial charge in [-0.25, -0.2) is 4.98 Å². The van der Waals surface area contributed by atoms with Crippen molar-refractivity contribution in [3.63, 3.8) is 0 Å². The summed E-state index contributed by atoms with van der Waals surface area (Å²) in [6.07, 6.45) is 8.37. The lowest BCUT2D eigenvalue weighted by Crippen LogP contribution is -2.32. The minimum Gasteiger partial charge on any atom is -0.432 e. The number of nitrogen functional groups attached to an aromatic ring is 1. The predicted molar refractivity (Wildman–Crippen MR) is 141 cm³/mol. The van der Waals surface area contributed by atoms with E-state index in [1.807, 2.05) is 24.7 Å². The summed E-state index contributed by atoms with van der Waals surface area (Å²) >= 11 is 0. The summed E-state index contributed by atoms with van der Waals surface area (Å²) in [6, 6.07) is 8.32. The summed E-state index contributed by atoms with van der Waals surface area (Å²) in [6.45, 7) is 5.78. The van der Waals surface area contributed by atoms with Crippen molar-refractivity contribution in [3.8, 4) is 28.7 Å². The lowest BCUT2D eigenvalue weighted by atomic mass is 9.97. The lowest BCUT2D eigenvalue weighted by molar-refractivity contribution is -0.303. The molecule has 0 spiro atoms. The number of nitrogens with zero attached hydrogens (tertiary/aromatic N) is 4. The van der Waals surface area contributed by atoms with Crippen LogP contribution in [0.2, 0.25) is 0 Å². The van der Waals surface area contributed by atoms with Gasteiger partial charge in [0.25, 0.3) is 0 Å². The van der Waals surface area contributed by atoms with E-state index in [1.54, 1.807) is 30.6 Å². The van der Waals surface area contributed by atoms with E-state index in [-0.39, 0.29) is 17.1 Å². The first-order valence-electron chi connectivity index (χ1n) is 12.6.